The van der Waals surface area contributed by atoms with E-state index in [1.807, 2.05) is 0 Å². The van der Waals surface area contributed by atoms with Crippen LogP contribution in [0.2, 0.25) is 0 Å². The molecule has 0 saturated carbocycles. The highest BCUT2D eigenvalue weighted by atomic mass is 16.5. The molecule has 1 N–H and O–H groups in total. The van der Waals surface area contributed by atoms with Crippen molar-refractivity contribution in [2.75, 3.05) is 20.3 Å². The Hall–Kier alpha value is -1.06. The zero-order valence-corrected chi connectivity index (χ0v) is 14.0. The van der Waals surface area contributed by atoms with Crippen LogP contribution in [0.25, 0.3) is 0 Å². The SMILES string of the molecule is CCNC(c1cc(C)c(OC)c(C)c1)C1CCOC1CC. The number of hydrogen-bond acceptors (Lipinski definition) is 3. The summed E-state index contributed by atoms with van der Waals surface area (Å²) in [4.78, 5) is 0. The van der Waals surface area contributed by atoms with Crippen LogP contribution in [0.3, 0.4) is 0 Å². The summed E-state index contributed by atoms with van der Waals surface area (Å²) in [6.07, 6.45) is 2.60. The third-order valence-corrected chi connectivity index (χ3v) is 4.56. The molecule has 1 aromatic carbocycles. The fourth-order valence-electron chi connectivity index (χ4n) is 3.69. The van der Waals surface area contributed by atoms with E-state index in [2.05, 4.69) is 45.1 Å². The van der Waals surface area contributed by atoms with E-state index in [1.54, 1.807) is 7.11 Å². The summed E-state index contributed by atoms with van der Waals surface area (Å²) in [6, 6.07) is 4.90. The van der Waals surface area contributed by atoms with Crippen molar-refractivity contribution in [3.8, 4) is 5.75 Å². The van der Waals surface area contributed by atoms with E-state index in [9.17, 15) is 0 Å². The number of methoxy groups -OCH3 is 1. The lowest BCUT2D eigenvalue weighted by Gasteiger charge is -2.29. The van der Waals surface area contributed by atoms with Gasteiger partial charge in [0.1, 0.15) is 5.75 Å². The van der Waals surface area contributed by atoms with E-state index < -0.39 is 0 Å². The zero-order chi connectivity index (χ0) is 15.4. The Kier molecular flexibility index (Phi) is 5.65. The molecule has 1 aliphatic rings. The van der Waals surface area contributed by atoms with Crippen LogP contribution in [-0.2, 0) is 4.74 Å². The van der Waals surface area contributed by atoms with Crippen molar-refractivity contribution in [3.05, 3.63) is 28.8 Å². The number of benzene rings is 1. The van der Waals surface area contributed by atoms with Crippen LogP contribution in [-0.4, -0.2) is 26.4 Å². The van der Waals surface area contributed by atoms with E-state index in [4.69, 9.17) is 9.47 Å². The molecule has 1 saturated heterocycles. The molecular formula is C18H29NO2. The van der Waals surface area contributed by atoms with Crippen molar-refractivity contribution >= 4 is 0 Å². The quantitative estimate of drug-likeness (QED) is 0.865. The summed E-state index contributed by atoms with van der Waals surface area (Å²) in [7, 11) is 1.74. The maximum Gasteiger partial charge on any atom is 0.124 e. The van der Waals surface area contributed by atoms with Crippen LogP contribution in [0.15, 0.2) is 12.1 Å². The van der Waals surface area contributed by atoms with Gasteiger partial charge in [-0.25, -0.2) is 0 Å². The molecule has 3 unspecified atom stereocenters. The standard InChI is InChI=1S/C18H29NO2/c1-6-16-15(8-9-21-16)17(19-7-2)14-10-12(3)18(20-5)13(4)11-14/h10-11,15-17,19H,6-9H2,1-5H3. The first-order valence-corrected chi connectivity index (χ1v) is 8.12. The first kappa shape index (κ1) is 16.3. The van der Waals surface area contributed by atoms with Crippen molar-refractivity contribution in [1.29, 1.82) is 0 Å². The molecular weight excluding hydrogens is 262 g/mol. The van der Waals surface area contributed by atoms with E-state index >= 15 is 0 Å². The predicted octanol–water partition coefficient (Wildman–Crippen LogP) is 3.78. The third kappa shape index (κ3) is 3.41. The molecule has 0 aliphatic carbocycles. The van der Waals surface area contributed by atoms with Crippen LogP contribution in [0.5, 0.6) is 5.75 Å². The highest BCUT2D eigenvalue weighted by molar-refractivity contribution is 5.44. The topological polar surface area (TPSA) is 30.5 Å². The molecule has 2 rings (SSSR count). The fraction of sp³-hybridized carbons (Fsp3) is 0.667. The maximum absolute atomic E-state index is 5.90. The minimum atomic E-state index is 0.366. The molecule has 0 radical (unpaired) electrons. The van der Waals surface area contributed by atoms with E-state index in [-0.39, 0.29) is 0 Å². The number of rotatable bonds is 6. The molecule has 118 valence electrons. The van der Waals surface area contributed by atoms with Crippen LogP contribution in [0.4, 0.5) is 0 Å². The van der Waals surface area contributed by atoms with Crippen LogP contribution in [0, 0.1) is 19.8 Å². The van der Waals surface area contributed by atoms with Gasteiger partial charge in [-0.05, 0) is 49.9 Å². The van der Waals surface area contributed by atoms with Gasteiger partial charge in [0.25, 0.3) is 0 Å². The lowest BCUT2D eigenvalue weighted by atomic mass is 9.85. The Morgan fingerprint density at radius 1 is 1.29 bits per heavy atom. The molecule has 1 aliphatic heterocycles. The van der Waals surface area contributed by atoms with Crippen molar-refractivity contribution in [2.24, 2.45) is 5.92 Å². The van der Waals surface area contributed by atoms with Crippen LogP contribution < -0.4 is 10.1 Å². The van der Waals surface area contributed by atoms with Gasteiger partial charge in [-0.1, -0.05) is 26.0 Å². The second-order valence-electron chi connectivity index (χ2n) is 5.99. The Morgan fingerprint density at radius 3 is 2.48 bits per heavy atom. The van der Waals surface area contributed by atoms with Gasteiger partial charge < -0.3 is 14.8 Å². The smallest absolute Gasteiger partial charge is 0.124 e. The Bertz CT molecular complexity index is 449. The van der Waals surface area contributed by atoms with Crippen LogP contribution in [0.1, 0.15) is 49.4 Å². The van der Waals surface area contributed by atoms with Gasteiger partial charge in [0, 0.05) is 18.6 Å². The Balaban J connectivity index is 2.34. The second kappa shape index (κ2) is 7.28. The van der Waals surface area contributed by atoms with Gasteiger partial charge in [0.15, 0.2) is 0 Å². The van der Waals surface area contributed by atoms with E-state index in [0.717, 1.165) is 31.7 Å². The molecule has 0 bridgehead atoms. The molecule has 1 heterocycles. The van der Waals surface area contributed by atoms with Gasteiger partial charge >= 0.3 is 0 Å². The summed E-state index contributed by atoms with van der Waals surface area (Å²) in [5, 5.41) is 3.68. The first-order chi connectivity index (χ1) is 10.1. The van der Waals surface area contributed by atoms with Gasteiger partial charge in [-0.2, -0.15) is 0 Å². The van der Waals surface area contributed by atoms with Crippen LogP contribution >= 0.6 is 0 Å². The molecule has 3 heteroatoms. The lowest BCUT2D eigenvalue weighted by molar-refractivity contribution is 0.0775. The number of ether oxygens (including phenoxy) is 2. The highest BCUT2D eigenvalue weighted by Crippen LogP contribution is 2.37. The summed E-state index contributed by atoms with van der Waals surface area (Å²) in [5.74, 6) is 1.56. The molecule has 0 aromatic heterocycles. The summed E-state index contributed by atoms with van der Waals surface area (Å²) < 4.78 is 11.4. The monoisotopic (exact) mass is 291 g/mol. The maximum atomic E-state index is 5.90. The summed E-state index contributed by atoms with van der Waals surface area (Å²) >= 11 is 0. The first-order valence-electron chi connectivity index (χ1n) is 8.12. The molecule has 1 aromatic rings. The highest BCUT2D eigenvalue weighted by Gasteiger charge is 2.34. The molecule has 0 spiro atoms. The number of nitrogens with one attached hydrogen (secondary N) is 1. The van der Waals surface area contributed by atoms with Crippen molar-refractivity contribution in [2.45, 2.75) is 52.7 Å². The minimum absolute atomic E-state index is 0.366. The third-order valence-electron chi connectivity index (χ3n) is 4.56. The van der Waals surface area contributed by atoms with Crippen molar-refractivity contribution in [3.63, 3.8) is 0 Å². The number of hydrogen-bond donors (Lipinski definition) is 1. The second-order valence-corrected chi connectivity index (χ2v) is 5.99. The molecule has 3 nitrogen and oxygen atoms in total. The van der Waals surface area contributed by atoms with E-state index in [1.165, 1.54) is 16.7 Å². The average molecular weight is 291 g/mol. The molecule has 0 amide bonds. The zero-order valence-electron chi connectivity index (χ0n) is 14.0. The molecule has 3 atom stereocenters. The predicted molar refractivity (Wildman–Crippen MR) is 87.0 cm³/mol. The van der Waals surface area contributed by atoms with Gasteiger partial charge in [0.2, 0.25) is 0 Å². The normalized spacial score (nSPS) is 23.3. The Morgan fingerprint density at radius 2 is 1.95 bits per heavy atom. The molecule has 1 fully saturated rings. The van der Waals surface area contributed by atoms with Crippen molar-refractivity contribution in [1.82, 2.24) is 5.32 Å². The van der Waals surface area contributed by atoms with Gasteiger partial charge in [0.05, 0.1) is 13.2 Å². The lowest BCUT2D eigenvalue weighted by Crippen LogP contribution is -2.32. The Labute approximate surface area is 129 Å². The fourth-order valence-corrected chi connectivity index (χ4v) is 3.69. The largest absolute Gasteiger partial charge is 0.496 e. The van der Waals surface area contributed by atoms with Gasteiger partial charge in [-0.3, -0.25) is 0 Å². The average Bonchev–Trinajstić information content (AvgIpc) is 2.92. The minimum Gasteiger partial charge on any atom is -0.496 e. The summed E-state index contributed by atoms with van der Waals surface area (Å²) in [5.41, 5.74) is 3.78. The van der Waals surface area contributed by atoms with Crippen molar-refractivity contribution < 1.29 is 9.47 Å². The van der Waals surface area contributed by atoms with Gasteiger partial charge in [-0.15, -0.1) is 0 Å². The summed E-state index contributed by atoms with van der Waals surface area (Å²) in [6.45, 7) is 10.5. The molecule has 21 heavy (non-hydrogen) atoms. The van der Waals surface area contributed by atoms with E-state index in [0.29, 0.717) is 18.1 Å². The number of aryl methyl sites for hydroxylation is 2.